The summed E-state index contributed by atoms with van der Waals surface area (Å²) in [5.74, 6) is 0. The summed E-state index contributed by atoms with van der Waals surface area (Å²) in [5.41, 5.74) is 1.65. The first-order valence-corrected chi connectivity index (χ1v) is 7.56. The number of nitrogens with one attached hydrogen (secondary N) is 1. The fourth-order valence-corrected chi connectivity index (χ4v) is 3.59. The molecule has 1 aliphatic carbocycles. The van der Waals surface area contributed by atoms with E-state index in [2.05, 4.69) is 48.4 Å². The summed E-state index contributed by atoms with van der Waals surface area (Å²) in [5, 5.41) is 4.70. The Morgan fingerprint density at radius 2 is 1.94 bits per heavy atom. The van der Waals surface area contributed by atoms with Crippen molar-refractivity contribution in [2.24, 2.45) is 5.41 Å². The Hall–Kier alpha value is -1.09. The number of hydrogen-bond donors (Lipinski definition) is 1. The summed E-state index contributed by atoms with van der Waals surface area (Å²) in [7, 11) is 0. The third kappa shape index (κ3) is 2.51. The summed E-state index contributed by atoms with van der Waals surface area (Å²) in [6, 6.07) is 8.96. The first-order valence-electron chi connectivity index (χ1n) is 6.75. The fourth-order valence-electron chi connectivity index (χ4n) is 2.65. The van der Waals surface area contributed by atoms with Crippen LogP contribution in [0.3, 0.4) is 0 Å². The summed E-state index contributed by atoms with van der Waals surface area (Å²) < 4.78 is 1.27. The molecule has 1 N–H and O–H groups in total. The summed E-state index contributed by atoms with van der Waals surface area (Å²) >= 11 is 1.77. The molecule has 0 spiro atoms. The average Bonchev–Trinajstić information content (AvgIpc) is 2.74. The molecule has 3 rings (SSSR count). The topological polar surface area (TPSA) is 24.9 Å². The van der Waals surface area contributed by atoms with E-state index in [4.69, 9.17) is 0 Å². The maximum atomic E-state index is 4.65. The van der Waals surface area contributed by atoms with Crippen molar-refractivity contribution in [1.82, 2.24) is 4.98 Å². The Labute approximate surface area is 112 Å². The number of para-hydroxylation sites is 1. The Bertz CT molecular complexity index is 501. The van der Waals surface area contributed by atoms with Gasteiger partial charge in [0.15, 0.2) is 5.13 Å². The van der Waals surface area contributed by atoms with Crippen molar-refractivity contribution < 1.29 is 0 Å². The molecule has 0 bridgehead atoms. The molecule has 0 atom stereocenters. The molecular weight excluding hydrogens is 240 g/mol. The van der Waals surface area contributed by atoms with Crippen LogP contribution in [0.25, 0.3) is 10.2 Å². The molecule has 1 aromatic heterocycles. The highest BCUT2D eigenvalue weighted by atomic mass is 32.1. The van der Waals surface area contributed by atoms with E-state index in [0.29, 0.717) is 11.5 Å². The smallest absolute Gasteiger partial charge is 0.184 e. The predicted octanol–water partition coefficient (Wildman–Crippen LogP) is 4.68. The molecule has 3 heteroatoms. The maximum Gasteiger partial charge on any atom is 0.184 e. The number of benzene rings is 1. The van der Waals surface area contributed by atoms with Crippen LogP contribution in [0.4, 0.5) is 5.13 Å². The lowest BCUT2D eigenvalue weighted by Crippen LogP contribution is -2.29. The first-order chi connectivity index (χ1) is 8.62. The van der Waals surface area contributed by atoms with Crippen molar-refractivity contribution in [3.63, 3.8) is 0 Å². The number of hydrogen-bond acceptors (Lipinski definition) is 3. The SMILES string of the molecule is CC1(C)CCC(Nc2nc3ccccc3s2)CC1. The van der Waals surface area contributed by atoms with Crippen molar-refractivity contribution in [2.45, 2.75) is 45.6 Å². The van der Waals surface area contributed by atoms with Gasteiger partial charge in [-0.15, -0.1) is 0 Å². The van der Waals surface area contributed by atoms with Gasteiger partial charge in [0, 0.05) is 6.04 Å². The van der Waals surface area contributed by atoms with Crippen LogP contribution in [-0.4, -0.2) is 11.0 Å². The normalized spacial score (nSPS) is 20.1. The zero-order valence-corrected chi connectivity index (χ0v) is 11.9. The van der Waals surface area contributed by atoms with E-state index < -0.39 is 0 Å². The van der Waals surface area contributed by atoms with Gasteiger partial charge in [0.2, 0.25) is 0 Å². The van der Waals surface area contributed by atoms with Gasteiger partial charge in [-0.2, -0.15) is 0 Å². The van der Waals surface area contributed by atoms with Gasteiger partial charge < -0.3 is 5.32 Å². The molecule has 2 aromatic rings. The van der Waals surface area contributed by atoms with E-state index in [9.17, 15) is 0 Å². The molecule has 0 saturated heterocycles. The Kier molecular flexibility index (Phi) is 3.02. The molecule has 2 nitrogen and oxygen atoms in total. The average molecular weight is 260 g/mol. The molecule has 1 aromatic carbocycles. The number of nitrogens with zero attached hydrogens (tertiary/aromatic N) is 1. The number of aromatic nitrogens is 1. The molecule has 1 aliphatic rings. The molecule has 18 heavy (non-hydrogen) atoms. The second kappa shape index (κ2) is 4.54. The quantitative estimate of drug-likeness (QED) is 0.848. The molecule has 0 unspecified atom stereocenters. The number of rotatable bonds is 2. The van der Waals surface area contributed by atoms with Crippen LogP contribution >= 0.6 is 11.3 Å². The van der Waals surface area contributed by atoms with Crippen LogP contribution < -0.4 is 5.32 Å². The van der Waals surface area contributed by atoms with Crippen LogP contribution in [0.5, 0.6) is 0 Å². The zero-order chi connectivity index (χ0) is 12.6. The second-order valence-corrected chi connectivity index (χ2v) is 7.10. The maximum absolute atomic E-state index is 4.65. The van der Waals surface area contributed by atoms with Crippen LogP contribution in [0, 0.1) is 5.41 Å². The highest BCUT2D eigenvalue weighted by molar-refractivity contribution is 7.22. The lowest BCUT2D eigenvalue weighted by Gasteiger charge is -2.34. The van der Waals surface area contributed by atoms with Crippen molar-refractivity contribution >= 4 is 26.7 Å². The van der Waals surface area contributed by atoms with E-state index in [-0.39, 0.29) is 0 Å². The van der Waals surface area contributed by atoms with Gasteiger partial charge in [-0.3, -0.25) is 0 Å². The van der Waals surface area contributed by atoms with Crippen molar-refractivity contribution in [2.75, 3.05) is 5.32 Å². The third-order valence-corrected chi connectivity index (χ3v) is 4.93. The fraction of sp³-hybridized carbons (Fsp3) is 0.533. The minimum atomic E-state index is 0.534. The van der Waals surface area contributed by atoms with E-state index in [1.54, 1.807) is 11.3 Å². The van der Waals surface area contributed by atoms with Gasteiger partial charge in [-0.25, -0.2) is 4.98 Å². The molecule has 0 amide bonds. The van der Waals surface area contributed by atoms with Crippen molar-refractivity contribution in [3.8, 4) is 0 Å². The number of fused-ring (bicyclic) bond motifs is 1. The third-order valence-electron chi connectivity index (χ3n) is 3.96. The molecular formula is C15H20N2S. The summed E-state index contributed by atoms with van der Waals surface area (Å²) in [6.45, 7) is 4.75. The zero-order valence-electron chi connectivity index (χ0n) is 11.1. The van der Waals surface area contributed by atoms with Gasteiger partial charge in [0.1, 0.15) is 0 Å². The number of thiazole rings is 1. The molecule has 1 saturated carbocycles. The molecule has 0 radical (unpaired) electrons. The lowest BCUT2D eigenvalue weighted by atomic mass is 9.76. The standard InChI is InChI=1S/C15H20N2S/c1-15(2)9-7-11(8-10-15)16-14-17-12-5-3-4-6-13(12)18-14/h3-6,11H,7-10H2,1-2H3,(H,16,17). The monoisotopic (exact) mass is 260 g/mol. The second-order valence-electron chi connectivity index (χ2n) is 6.07. The van der Waals surface area contributed by atoms with E-state index >= 15 is 0 Å². The Morgan fingerprint density at radius 1 is 1.22 bits per heavy atom. The Balaban J connectivity index is 1.69. The first kappa shape index (κ1) is 12.0. The van der Waals surface area contributed by atoms with Gasteiger partial charge in [-0.05, 0) is 43.2 Å². The van der Waals surface area contributed by atoms with E-state index in [0.717, 1.165) is 10.6 Å². The van der Waals surface area contributed by atoms with Crippen molar-refractivity contribution in [3.05, 3.63) is 24.3 Å². The van der Waals surface area contributed by atoms with Crippen LogP contribution in [0.2, 0.25) is 0 Å². The molecule has 0 aliphatic heterocycles. The lowest BCUT2D eigenvalue weighted by molar-refractivity contribution is 0.232. The van der Waals surface area contributed by atoms with Gasteiger partial charge >= 0.3 is 0 Å². The Morgan fingerprint density at radius 3 is 2.67 bits per heavy atom. The van der Waals surface area contributed by atoms with Crippen molar-refractivity contribution in [1.29, 1.82) is 0 Å². The molecule has 1 fully saturated rings. The largest absolute Gasteiger partial charge is 0.359 e. The highest BCUT2D eigenvalue weighted by Gasteiger charge is 2.27. The van der Waals surface area contributed by atoms with Gasteiger partial charge in [0.25, 0.3) is 0 Å². The minimum Gasteiger partial charge on any atom is -0.359 e. The van der Waals surface area contributed by atoms with Crippen LogP contribution in [-0.2, 0) is 0 Å². The molecule has 96 valence electrons. The predicted molar refractivity (Wildman–Crippen MR) is 79.3 cm³/mol. The van der Waals surface area contributed by atoms with Crippen LogP contribution in [0.1, 0.15) is 39.5 Å². The van der Waals surface area contributed by atoms with Gasteiger partial charge in [0.05, 0.1) is 10.2 Å². The molecule has 1 heterocycles. The summed E-state index contributed by atoms with van der Waals surface area (Å²) in [4.78, 5) is 4.65. The number of anilines is 1. The minimum absolute atomic E-state index is 0.534. The summed E-state index contributed by atoms with van der Waals surface area (Å²) in [6.07, 6.45) is 5.16. The highest BCUT2D eigenvalue weighted by Crippen LogP contribution is 2.36. The van der Waals surface area contributed by atoms with Crippen LogP contribution in [0.15, 0.2) is 24.3 Å². The van der Waals surface area contributed by atoms with Gasteiger partial charge in [-0.1, -0.05) is 37.3 Å². The van der Waals surface area contributed by atoms with E-state index in [1.165, 1.54) is 30.4 Å². The van der Waals surface area contributed by atoms with E-state index in [1.807, 2.05) is 0 Å².